The summed E-state index contributed by atoms with van der Waals surface area (Å²) in [7, 11) is 0. The van der Waals surface area contributed by atoms with Crippen molar-refractivity contribution >= 4 is 40.9 Å². The normalized spacial score (nSPS) is 19.8. The first kappa shape index (κ1) is 36.4. The van der Waals surface area contributed by atoms with Crippen LogP contribution >= 0.6 is 0 Å². The van der Waals surface area contributed by atoms with Crippen molar-refractivity contribution in [1.29, 1.82) is 5.26 Å². The van der Waals surface area contributed by atoms with Gasteiger partial charge in [-0.25, -0.2) is 0 Å². The van der Waals surface area contributed by atoms with Crippen LogP contribution in [0.3, 0.4) is 0 Å². The van der Waals surface area contributed by atoms with Crippen molar-refractivity contribution in [3.8, 4) is 17.2 Å². The van der Waals surface area contributed by atoms with Gasteiger partial charge in [0.2, 0.25) is 5.91 Å². The number of aromatic nitrogens is 2. The largest absolute Gasteiger partial charge is 0.417 e. The third-order valence-electron chi connectivity index (χ3n) is 10.9. The molecule has 4 aliphatic heterocycles. The van der Waals surface area contributed by atoms with E-state index >= 15 is 0 Å². The average molecular weight is 767 g/mol. The quantitative estimate of drug-likeness (QED) is 0.236. The van der Waals surface area contributed by atoms with Crippen LogP contribution in [0.5, 0.6) is 0 Å². The lowest BCUT2D eigenvalue weighted by Crippen LogP contribution is -2.59. The number of nitrogens with one attached hydrogen (secondary N) is 2. The molecule has 5 amide bonds. The van der Waals surface area contributed by atoms with Crippen molar-refractivity contribution in [2.75, 3.05) is 23.3 Å². The molecule has 0 spiro atoms. The van der Waals surface area contributed by atoms with E-state index < -0.39 is 52.8 Å². The summed E-state index contributed by atoms with van der Waals surface area (Å²) in [6.07, 6.45) is -2.68. The van der Waals surface area contributed by atoms with Gasteiger partial charge in [0.1, 0.15) is 11.8 Å². The number of piperidine rings is 1. The maximum absolute atomic E-state index is 13.5. The fraction of sp³-hybridized carbons (Fsp3) is 0.308. The minimum absolute atomic E-state index is 0.0873. The zero-order valence-electron chi connectivity index (χ0n) is 29.9. The van der Waals surface area contributed by atoms with Crippen molar-refractivity contribution in [1.82, 2.24) is 24.9 Å². The van der Waals surface area contributed by atoms with Gasteiger partial charge < -0.3 is 25.5 Å². The molecule has 56 heavy (non-hydrogen) atoms. The predicted octanol–water partition coefficient (Wildman–Crippen LogP) is 3.85. The number of hydrogen-bond donors (Lipinski definition) is 3. The number of carbonyl (C=O) groups excluding carboxylic acids is 5. The zero-order valence-corrected chi connectivity index (χ0v) is 29.9. The van der Waals surface area contributed by atoms with E-state index in [1.54, 1.807) is 61.5 Å². The third kappa shape index (κ3) is 6.02. The summed E-state index contributed by atoms with van der Waals surface area (Å²) in [6.45, 7) is 4.48. The number of carbonyl (C=O) groups is 5. The summed E-state index contributed by atoms with van der Waals surface area (Å²) >= 11 is 0. The molecule has 0 radical (unpaired) electrons. The van der Waals surface area contributed by atoms with Crippen molar-refractivity contribution in [2.45, 2.75) is 63.3 Å². The molecule has 17 heteroatoms. The number of benzene rings is 3. The van der Waals surface area contributed by atoms with Crippen LogP contribution in [-0.2, 0) is 27.8 Å². The fourth-order valence-electron chi connectivity index (χ4n) is 7.59. The van der Waals surface area contributed by atoms with E-state index in [1.807, 2.05) is 11.0 Å². The smallest absolute Gasteiger partial charge is 0.372 e. The summed E-state index contributed by atoms with van der Waals surface area (Å²) in [5.74, 6) is -2.16. The monoisotopic (exact) mass is 766 g/mol. The molecule has 2 fully saturated rings. The maximum Gasteiger partial charge on any atom is 0.417 e. The zero-order chi connectivity index (χ0) is 39.8. The van der Waals surface area contributed by atoms with E-state index in [-0.39, 0.29) is 47.5 Å². The number of anilines is 2. The minimum atomic E-state index is -4.78. The number of imide groups is 1. The molecule has 2 saturated heterocycles. The Hall–Kier alpha value is -6.54. The van der Waals surface area contributed by atoms with Gasteiger partial charge in [-0.05, 0) is 79.9 Å². The van der Waals surface area contributed by atoms with Crippen molar-refractivity contribution < 1.29 is 42.3 Å². The summed E-state index contributed by atoms with van der Waals surface area (Å²) in [5, 5.41) is 28.7. The van der Waals surface area contributed by atoms with Crippen LogP contribution in [0.1, 0.15) is 74.5 Å². The van der Waals surface area contributed by atoms with Crippen molar-refractivity contribution in [3.05, 3.63) is 100 Å². The molecule has 1 aromatic heterocycles. The molecule has 4 aromatic rings. The fourth-order valence-corrected chi connectivity index (χ4v) is 7.59. The molecule has 2 unspecified atom stereocenters. The number of nitriles is 1. The highest BCUT2D eigenvalue weighted by Crippen LogP contribution is 2.37. The summed E-state index contributed by atoms with van der Waals surface area (Å²) < 4.78 is 41.8. The lowest BCUT2D eigenvalue weighted by Gasteiger charge is -2.45. The average Bonchev–Trinajstić information content (AvgIpc) is 3.83. The molecule has 0 saturated carbocycles. The van der Waals surface area contributed by atoms with Gasteiger partial charge in [0.05, 0.1) is 46.6 Å². The van der Waals surface area contributed by atoms with Crippen LogP contribution in [0.25, 0.3) is 11.1 Å². The van der Waals surface area contributed by atoms with Crippen LogP contribution in [0, 0.1) is 11.3 Å². The van der Waals surface area contributed by atoms with Crippen LogP contribution in [0.4, 0.5) is 24.5 Å². The van der Waals surface area contributed by atoms with Crippen LogP contribution < -0.4 is 15.5 Å². The lowest BCUT2D eigenvalue weighted by molar-refractivity contribution is -0.137. The molecule has 0 bridgehead atoms. The van der Waals surface area contributed by atoms with Crippen molar-refractivity contribution in [3.63, 3.8) is 0 Å². The first-order valence-corrected chi connectivity index (χ1v) is 17.7. The highest BCUT2D eigenvalue weighted by molar-refractivity contribution is 6.22. The highest BCUT2D eigenvalue weighted by atomic mass is 19.4. The van der Waals surface area contributed by atoms with Crippen LogP contribution in [0.15, 0.2) is 67.0 Å². The lowest BCUT2D eigenvalue weighted by atomic mass is 10.0. The molecule has 286 valence electrons. The summed E-state index contributed by atoms with van der Waals surface area (Å²) in [4.78, 5) is 69.7. The molecule has 0 aliphatic carbocycles. The number of fused-ring (bicyclic) bond motifs is 2. The van der Waals surface area contributed by atoms with Crippen LogP contribution in [0.2, 0.25) is 0 Å². The Morgan fingerprint density at radius 3 is 2.39 bits per heavy atom. The van der Waals surface area contributed by atoms with Crippen LogP contribution in [-0.4, -0.2) is 85.6 Å². The highest BCUT2D eigenvalue weighted by Gasteiger charge is 2.46. The number of aliphatic hydroxyl groups is 1. The first-order valence-electron chi connectivity index (χ1n) is 17.7. The Bertz CT molecular complexity index is 2410. The SMILES string of the molecule is CC(C)(C(=O)Nc1ccc(C#N)c(C(F)(F)F)c1)n1cc(-c2ccc3c(c2)CN(C2CN(c4ccc5c(c4)C(=O)N(C4CCC(=O)NC4O)C5=O)C2)C3=O)cn1. The molecule has 5 heterocycles. The molecule has 3 N–H and O–H groups in total. The third-order valence-corrected chi connectivity index (χ3v) is 10.9. The molecule has 3 aromatic carbocycles. The van der Waals surface area contributed by atoms with Gasteiger partial charge >= 0.3 is 6.18 Å². The minimum Gasteiger partial charge on any atom is -0.372 e. The van der Waals surface area contributed by atoms with E-state index in [1.165, 1.54) is 16.8 Å². The number of nitrogens with zero attached hydrogens (tertiary/aromatic N) is 6. The Labute approximate surface area is 317 Å². The van der Waals surface area contributed by atoms with E-state index in [9.17, 15) is 42.3 Å². The predicted molar refractivity (Wildman–Crippen MR) is 192 cm³/mol. The Balaban J connectivity index is 0.916. The van der Waals surface area contributed by atoms with Crippen molar-refractivity contribution in [2.24, 2.45) is 0 Å². The number of rotatable bonds is 7. The van der Waals surface area contributed by atoms with Gasteiger partial charge in [-0.1, -0.05) is 6.07 Å². The summed E-state index contributed by atoms with van der Waals surface area (Å²) in [6, 6.07) is 13.9. The molecule has 2 atom stereocenters. The second-order valence-corrected chi connectivity index (χ2v) is 14.7. The second kappa shape index (κ2) is 13.0. The molecule has 4 aliphatic rings. The van der Waals surface area contributed by atoms with E-state index in [4.69, 9.17) is 5.26 Å². The first-order chi connectivity index (χ1) is 26.5. The topological polar surface area (TPSA) is 181 Å². The molecular weight excluding hydrogens is 733 g/mol. The van der Waals surface area contributed by atoms with E-state index in [2.05, 4.69) is 15.7 Å². The number of halogens is 3. The van der Waals surface area contributed by atoms with Gasteiger partial charge in [0.15, 0.2) is 0 Å². The Morgan fingerprint density at radius 2 is 1.68 bits per heavy atom. The standard InChI is InChI=1S/C39H33F3N8O6/c1-38(2,37(56)45-24-5-3-21(14-43)30(12-24)39(40,41)42)49-17-23(15-44-49)20-4-7-27-22(11-20)16-48(34(27)53)26-18-47(19-26)25-6-8-28-29(13-25)36(55)50(35(28)54)31-9-10-32(51)46-33(31)52/h3-8,11-13,15,17,26,31,33,52H,9-10,16,18-19H2,1-2H3,(H,45,56)(H,46,51). The van der Waals surface area contributed by atoms with Gasteiger partial charge in [0.25, 0.3) is 23.6 Å². The van der Waals surface area contributed by atoms with E-state index in [0.29, 0.717) is 36.4 Å². The Kier molecular flexibility index (Phi) is 8.49. The number of amides is 5. The number of alkyl halides is 3. The summed E-state index contributed by atoms with van der Waals surface area (Å²) in [5.41, 5.74) is 0.751. The Morgan fingerprint density at radius 1 is 0.946 bits per heavy atom. The van der Waals surface area contributed by atoms with Gasteiger partial charge in [-0.3, -0.25) is 33.6 Å². The molecular formula is C39H33F3N8O6. The molecule has 14 nitrogen and oxygen atoms in total. The van der Waals surface area contributed by atoms with E-state index in [0.717, 1.165) is 28.2 Å². The second-order valence-electron chi connectivity index (χ2n) is 14.7. The maximum atomic E-state index is 13.5. The number of hydrogen-bond acceptors (Lipinski definition) is 9. The van der Waals surface area contributed by atoms with Gasteiger partial charge in [-0.15, -0.1) is 0 Å². The molecule has 8 rings (SSSR count). The van der Waals surface area contributed by atoms with Gasteiger partial charge in [-0.2, -0.15) is 23.5 Å². The number of aliphatic hydroxyl groups excluding tert-OH is 1. The van der Waals surface area contributed by atoms with Gasteiger partial charge in [0, 0.05) is 54.8 Å².